The summed E-state index contributed by atoms with van der Waals surface area (Å²) in [6.07, 6.45) is 0.516. The summed E-state index contributed by atoms with van der Waals surface area (Å²) in [6, 6.07) is 0. The molecule has 0 saturated heterocycles. The minimum Gasteiger partial charge on any atom is -0.379 e. The molecule has 0 radical (unpaired) electrons. The zero-order valence-corrected chi connectivity index (χ0v) is 8.55. The lowest BCUT2D eigenvalue weighted by molar-refractivity contribution is -0.00482. The van der Waals surface area contributed by atoms with Crippen LogP contribution in [0.5, 0.6) is 0 Å². The topological polar surface area (TPSA) is 41.5 Å². The monoisotopic (exact) mass is 175 g/mol. The molecule has 0 rings (SSSR count). The van der Waals surface area contributed by atoms with Crippen LogP contribution in [-0.2, 0) is 4.74 Å². The van der Waals surface area contributed by atoms with Gasteiger partial charge in [0.1, 0.15) is 6.23 Å². The Balaban J connectivity index is 3.12. The molecule has 0 fully saturated rings. The fourth-order valence-electron chi connectivity index (χ4n) is 0.761. The lowest BCUT2D eigenvalue weighted by atomic mass is 10.2. The van der Waals surface area contributed by atoms with Gasteiger partial charge in [0.05, 0.1) is 5.60 Å². The quantitative estimate of drug-likeness (QED) is 0.486. The minimum absolute atomic E-state index is 0.0508. The molecule has 3 heteroatoms. The zero-order chi connectivity index (χ0) is 9.61. The summed E-state index contributed by atoms with van der Waals surface area (Å²) < 4.78 is 5.49. The molecule has 0 aliphatic carbocycles. The SMILES string of the molecule is CC(O)NCCCOC(C)(C)C. The fraction of sp³-hybridized carbons (Fsp3) is 1.00. The molecule has 1 unspecified atom stereocenters. The van der Waals surface area contributed by atoms with Crippen LogP contribution in [0, 0.1) is 0 Å². The van der Waals surface area contributed by atoms with Crippen molar-refractivity contribution >= 4 is 0 Å². The van der Waals surface area contributed by atoms with Crippen LogP contribution in [0.1, 0.15) is 34.1 Å². The highest BCUT2D eigenvalue weighted by atomic mass is 16.5. The molecule has 74 valence electrons. The Morgan fingerprint density at radius 3 is 2.42 bits per heavy atom. The van der Waals surface area contributed by atoms with E-state index < -0.39 is 6.23 Å². The Morgan fingerprint density at radius 2 is 2.00 bits per heavy atom. The summed E-state index contributed by atoms with van der Waals surface area (Å²) >= 11 is 0. The maximum Gasteiger partial charge on any atom is 0.102 e. The van der Waals surface area contributed by atoms with Crippen molar-refractivity contribution in [3.8, 4) is 0 Å². The van der Waals surface area contributed by atoms with Gasteiger partial charge in [-0.1, -0.05) is 0 Å². The van der Waals surface area contributed by atoms with Gasteiger partial charge in [-0.2, -0.15) is 0 Å². The Morgan fingerprint density at radius 1 is 1.42 bits per heavy atom. The van der Waals surface area contributed by atoms with Crippen LogP contribution in [0.25, 0.3) is 0 Å². The molecular formula is C9H21NO2. The molecule has 0 aliphatic rings. The smallest absolute Gasteiger partial charge is 0.102 e. The summed E-state index contributed by atoms with van der Waals surface area (Å²) in [6.45, 7) is 9.36. The van der Waals surface area contributed by atoms with Gasteiger partial charge in [0, 0.05) is 6.61 Å². The maximum atomic E-state index is 8.86. The van der Waals surface area contributed by atoms with Gasteiger partial charge in [0.25, 0.3) is 0 Å². The van der Waals surface area contributed by atoms with Gasteiger partial charge < -0.3 is 9.84 Å². The molecular weight excluding hydrogens is 154 g/mol. The third-order valence-corrected chi connectivity index (χ3v) is 1.30. The molecule has 1 atom stereocenters. The highest BCUT2D eigenvalue weighted by molar-refractivity contribution is 4.58. The average molecular weight is 175 g/mol. The summed E-state index contributed by atoms with van der Waals surface area (Å²) in [5, 5.41) is 11.8. The Kier molecular flexibility index (Phi) is 5.46. The lowest BCUT2D eigenvalue weighted by Crippen LogP contribution is -2.28. The van der Waals surface area contributed by atoms with Crippen molar-refractivity contribution in [3.05, 3.63) is 0 Å². The molecule has 2 N–H and O–H groups in total. The highest BCUT2D eigenvalue weighted by Gasteiger charge is 2.08. The molecule has 0 bridgehead atoms. The summed E-state index contributed by atoms with van der Waals surface area (Å²) in [5.41, 5.74) is -0.0508. The van der Waals surface area contributed by atoms with Crippen LogP contribution in [0.15, 0.2) is 0 Å². The minimum atomic E-state index is -0.417. The van der Waals surface area contributed by atoms with Crippen LogP contribution in [0.4, 0.5) is 0 Å². The molecule has 0 heterocycles. The van der Waals surface area contributed by atoms with Gasteiger partial charge in [-0.3, -0.25) is 5.32 Å². The van der Waals surface area contributed by atoms with Gasteiger partial charge in [-0.25, -0.2) is 0 Å². The number of hydrogen-bond donors (Lipinski definition) is 2. The van der Waals surface area contributed by atoms with Crippen molar-refractivity contribution in [2.24, 2.45) is 0 Å². The van der Waals surface area contributed by atoms with Crippen LogP contribution in [-0.4, -0.2) is 30.1 Å². The van der Waals surface area contributed by atoms with E-state index in [2.05, 4.69) is 5.32 Å². The van der Waals surface area contributed by atoms with Gasteiger partial charge in [0.15, 0.2) is 0 Å². The summed E-state index contributed by atoms with van der Waals surface area (Å²) in [5.74, 6) is 0. The first-order valence-electron chi connectivity index (χ1n) is 4.47. The number of rotatable bonds is 5. The van der Waals surface area contributed by atoms with Gasteiger partial charge >= 0.3 is 0 Å². The average Bonchev–Trinajstić information content (AvgIpc) is 1.83. The second kappa shape index (κ2) is 5.51. The van der Waals surface area contributed by atoms with Crippen LogP contribution < -0.4 is 5.32 Å². The lowest BCUT2D eigenvalue weighted by Gasteiger charge is -2.19. The van der Waals surface area contributed by atoms with E-state index in [4.69, 9.17) is 9.84 Å². The van der Waals surface area contributed by atoms with Crippen molar-refractivity contribution in [2.75, 3.05) is 13.2 Å². The molecule has 0 aromatic carbocycles. The normalized spacial score (nSPS) is 14.8. The van der Waals surface area contributed by atoms with Crippen molar-refractivity contribution in [3.63, 3.8) is 0 Å². The Labute approximate surface area is 75.1 Å². The first-order chi connectivity index (χ1) is 5.42. The van der Waals surface area contributed by atoms with E-state index in [0.717, 1.165) is 19.6 Å². The Hall–Kier alpha value is -0.120. The standard InChI is InChI=1S/C9H21NO2/c1-8(11)10-6-5-7-12-9(2,3)4/h8,10-11H,5-7H2,1-4H3. The van der Waals surface area contributed by atoms with Gasteiger partial charge in [0.2, 0.25) is 0 Å². The number of aliphatic hydroxyl groups excluding tert-OH is 1. The Bertz CT molecular complexity index is 108. The van der Waals surface area contributed by atoms with Crippen molar-refractivity contribution < 1.29 is 9.84 Å². The molecule has 0 aromatic heterocycles. The number of aliphatic hydroxyl groups is 1. The highest BCUT2D eigenvalue weighted by Crippen LogP contribution is 2.06. The summed E-state index contributed by atoms with van der Waals surface area (Å²) in [7, 11) is 0. The predicted molar refractivity (Wildman–Crippen MR) is 50.0 cm³/mol. The first-order valence-corrected chi connectivity index (χ1v) is 4.47. The van der Waals surface area contributed by atoms with E-state index in [1.54, 1.807) is 6.92 Å². The van der Waals surface area contributed by atoms with Crippen LogP contribution >= 0.6 is 0 Å². The van der Waals surface area contributed by atoms with Crippen LogP contribution in [0.3, 0.4) is 0 Å². The van der Waals surface area contributed by atoms with E-state index in [0.29, 0.717) is 0 Å². The predicted octanol–water partition coefficient (Wildman–Crippen LogP) is 1.12. The first kappa shape index (κ1) is 11.9. The summed E-state index contributed by atoms with van der Waals surface area (Å²) in [4.78, 5) is 0. The van der Waals surface area contributed by atoms with Crippen LogP contribution in [0.2, 0.25) is 0 Å². The number of hydrogen-bond acceptors (Lipinski definition) is 3. The second-order valence-electron chi connectivity index (χ2n) is 3.94. The molecule has 12 heavy (non-hydrogen) atoms. The maximum absolute atomic E-state index is 8.86. The fourth-order valence-corrected chi connectivity index (χ4v) is 0.761. The van der Waals surface area contributed by atoms with Gasteiger partial charge in [-0.05, 0) is 40.7 Å². The largest absolute Gasteiger partial charge is 0.379 e. The zero-order valence-electron chi connectivity index (χ0n) is 8.55. The van der Waals surface area contributed by atoms with Crippen molar-refractivity contribution in [2.45, 2.75) is 45.9 Å². The van der Waals surface area contributed by atoms with E-state index in [9.17, 15) is 0 Å². The van der Waals surface area contributed by atoms with E-state index in [1.807, 2.05) is 20.8 Å². The molecule has 0 spiro atoms. The molecule has 0 amide bonds. The number of nitrogens with one attached hydrogen (secondary N) is 1. The van der Waals surface area contributed by atoms with E-state index >= 15 is 0 Å². The van der Waals surface area contributed by atoms with E-state index in [-0.39, 0.29) is 5.60 Å². The molecule has 0 aliphatic heterocycles. The molecule has 3 nitrogen and oxygen atoms in total. The number of ether oxygens (including phenoxy) is 1. The molecule has 0 aromatic rings. The van der Waals surface area contributed by atoms with Crippen molar-refractivity contribution in [1.82, 2.24) is 5.32 Å². The van der Waals surface area contributed by atoms with Crippen molar-refractivity contribution in [1.29, 1.82) is 0 Å². The second-order valence-corrected chi connectivity index (χ2v) is 3.94. The third-order valence-electron chi connectivity index (χ3n) is 1.30. The van der Waals surface area contributed by atoms with Gasteiger partial charge in [-0.15, -0.1) is 0 Å². The van der Waals surface area contributed by atoms with E-state index in [1.165, 1.54) is 0 Å². The molecule has 0 saturated carbocycles. The third kappa shape index (κ3) is 9.88.